The van der Waals surface area contributed by atoms with Crippen LogP contribution in [0, 0.1) is 0 Å². The Morgan fingerprint density at radius 3 is 2.19 bits per heavy atom. The van der Waals surface area contributed by atoms with Crippen LogP contribution >= 0.6 is 23.4 Å². The minimum Gasteiger partial charge on any atom is -0.391 e. The fourth-order valence-electron chi connectivity index (χ4n) is 2.13. The van der Waals surface area contributed by atoms with Crippen LogP contribution in [0.25, 0.3) is 0 Å². The van der Waals surface area contributed by atoms with Crippen molar-refractivity contribution in [2.75, 3.05) is 25.4 Å². The molecule has 0 amide bonds. The van der Waals surface area contributed by atoms with Crippen LogP contribution < -0.4 is 0 Å². The van der Waals surface area contributed by atoms with Crippen molar-refractivity contribution in [3.63, 3.8) is 0 Å². The zero-order valence-electron chi connectivity index (χ0n) is 13.2. The Morgan fingerprint density at radius 2 is 1.67 bits per heavy atom. The van der Waals surface area contributed by atoms with Gasteiger partial charge in [-0.2, -0.15) is 0 Å². The van der Waals surface area contributed by atoms with E-state index < -0.39 is 0 Å². The number of nitrogens with zero attached hydrogens (tertiary/aromatic N) is 1. The molecule has 1 aromatic rings. The molecule has 1 atom stereocenters. The number of thioether (sulfide) groups is 1. The largest absolute Gasteiger partial charge is 0.391 e. The molecule has 2 nitrogen and oxygen atoms in total. The molecular weight excluding hydrogens is 302 g/mol. The maximum atomic E-state index is 10.2. The standard InChI is InChI=1S/C17H28ClNOS/c1-3-5-11-19(12-6-4-2)13-16(20)14-21-17-9-7-15(18)8-10-17/h7-10,16,20H,3-6,11-14H2,1-2H3. The molecule has 1 N–H and O–H groups in total. The fraction of sp³-hybridized carbons (Fsp3) is 0.647. The summed E-state index contributed by atoms with van der Waals surface area (Å²) in [5.74, 6) is 0.733. The van der Waals surface area contributed by atoms with E-state index in [-0.39, 0.29) is 6.10 Å². The number of benzene rings is 1. The molecule has 0 spiro atoms. The quantitative estimate of drug-likeness (QED) is 0.595. The summed E-state index contributed by atoms with van der Waals surface area (Å²) >= 11 is 7.57. The van der Waals surface area contributed by atoms with Gasteiger partial charge in [0.05, 0.1) is 6.10 Å². The second-order valence-electron chi connectivity index (χ2n) is 5.43. The average molecular weight is 330 g/mol. The Balaban J connectivity index is 2.34. The van der Waals surface area contributed by atoms with Crippen molar-refractivity contribution < 1.29 is 5.11 Å². The summed E-state index contributed by atoms with van der Waals surface area (Å²) in [6, 6.07) is 7.80. The third kappa shape index (κ3) is 8.72. The Kier molecular flexibility index (Phi) is 10.2. The van der Waals surface area contributed by atoms with Gasteiger partial charge >= 0.3 is 0 Å². The van der Waals surface area contributed by atoms with Crippen LogP contribution in [0.4, 0.5) is 0 Å². The lowest BCUT2D eigenvalue weighted by Gasteiger charge is -2.24. The van der Waals surface area contributed by atoms with Gasteiger partial charge in [-0.25, -0.2) is 0 Å². The van der Waals surface area contributed by atoms with Gasteiger partial charge in [0, 0.05) is 22.2 Å². The molecule has 0 aliphatic carbocycles. The average Bonchev–Trinajstić information content (AvgIpc) is 2.49. The second kappa shape index (κ2) is 11.4. The van der Waals surface area contributed by atoms with Crippen molar-refractivity contribution in [2.24, 2.45) is 0 Å². The van der Waals surface area contributed by atoms with Gasteiger partial charge < -0.3 is 10.0 Å². The number of unbranched alkanes of at least 4 members (excludes halogenated alkanes) is 2. The summed E-state index contributed by atoms with van der Waals surface area (Å²) in [6.07, 6.45) is 4.55. The molecule has 21 heavy (non-hydrogen) atoms. The highest BCUT2D eigenvalue weighted by atomic mass is 35.5. The molecule has 0 heterocycles. The normalized spacial score (nSPS) is 12.8. The number of aliphatic hydroxyl groups is 1. The minimum atomic E-state index is -0.278. The summed E-state index contributed by atoms with van der Waals surface area (Å²) in [6.45, 7) is 7.40. The monoisotopic (exact) mass is 329 g/mol. The van der Waals surface area contributed by atoms with Gasteiger partial charge in [0.15, 0.2) is 0 Å². The van der Waals surface area contributed by atoms with E-state index in [2.05, 4.69) is 18.7 Å². The molecule has 0 aliphatic rings. The Labute approximate surface area is 138 Å². The predicted octanol–water partition coefficient (Wildman–Crippen LogP) is 4.70. The number of hydrogen-bond donors (Lipinski definition) is 1. The van der Waals surface area contributed by atoms with Crippen LogP contribution in [0.5, 0.6) is 0 Å². The van der Waals surface area contributed by atoms with Gasteiger partial charge in [-0.3, -0.25) is 0 Å². The van der Waals surface area contributed by atoms with E-state index in [1.165, 1.54) is 25.7 Å². The third-order valence-corrected chi connectivity index (χ3v) is 4.79. The molecule has 120 valence electrons. The molecule has 0 saturated heterocycles. The Hall–Kier alpha value is -0.220. The summed E-state index contributed by atoms with van der Waals surface area (Å²) in [5.41, 5.74) is 0. The van der Waals surface area contributed by atoms with E-state index in [0.717, 1.165) is 35.3 Å². The molecule has 1 rings (SSSR count). The van der Waals surface area contributed by atoms with Crippen molar-refractivity contribution in [3.8, 4) is 0 Å². The highest BCUT2D eigenvalue weighted by Crippen LogP contribution is 2.21. The maximum absolute atomic E-state index is 10.2. The van der Waals surface area contributed by atoms with E-state index in [0.29, 0.717) is 0 Å². The van der Waals surface area contributed by atoms with Gasteiger partial charge in [-0.15, -0.1) is 11.8 Å². The zero-order valence-corrected chi connectivity index (χ0v) is 14.8. The molecule has 4 heteroatoms. The smallest absolute Gasteiger partial charge is 0.0760 e. The summed E-state index contributed by atoms with van der Waals surface area (Å²) in [5, 5.41) is 11.0. The molecule has 0 saturated carbocycles. The van der Waals surface area contributed by atoms with E-state index in [1.54, 1.807) is 11.8 Å². The number of halogens is 1. The molecule has 0 fully saturated rings. The lowest BCUT2D eigenvalue weighted by atomic mass is 10.2. The highest BCUT2D eigenvalue weighted by Gasteiger charge is 2.11. The first-order valence-corrected chi connectivity index (χ1v) is 9.30. The molecule has 0 radical (unpaired) electrons. The first-order chi connectivity index (χ1) is 10.2. The molecule has 0 aliphatic heterocycles. The predicted molar refractivity (Wildman–Crippen MR) is 94.4 cm³/mol. The summed E-state index contributed by atoms with van der Waals surface area (Å²) < 4.78 is 0. The number of hydrogen-bond acceptors (Lipinski definition) is 3. The molecular formula is C17H28ClNOS. The van der Waals surface area contributed by atoms with Gasteiger partial charge in [0.1, 0.15) is 0 Å². The number of aliphatic hydroxyl groups excluding tert-OH is 1. The van der Waals surface area contributed by atoms with Gasteiger partial charge in [0.25, 0.3) is 0 Å². The van der Waals surface area contributed by atoms with Gasteiger partial charge in [-0.05, 0) is 50.2 Å². The van der Waals surface area contributed by atoms with Crippen LogP contribution in [0.15, 0.2) is 29.2 Å². The van der Waals surface area contributed by atoms with Crippen LogP contribution in [-0.4, -0.2) is 41.5 Å². The van der Waals surface area contributed by atoms with Gasteiger partial charge in [0.2, 0.25) is 0 Å². The highest BCUT2D eigenvalue weighted by molar-refractivity contribution is 7.99. The zero-order chi connectivity index (χ0) is 15.5. The molecule has 0 aromatic heterocycles. The maximum Gasteiger partial charge on any atom is 0.0760 e. The van der Waals surface area contributed by atoms with Crippen molar-refractivity contribution in [1.29, 1.82) is 0 Å². The van der Waals surface area contributed by atoms with Gasteiger partial charge in [-0.1, -0.05) is 38.3 Å². The van der Waals surface area contributed by atoms with Crippen LogP contribution in [-0.2, 0) is 0 Å². The molecule has 1 aromatic carbocycles. The van der Waals surface area contributed by atoms with Crippen molar-refractivity contribution >= 4 is 23.4 Å². The van der Waals surface area contributed by atoms with E-state index >= 15 is 0 Å². The van der Waals surface area contributed by atoms with Crippen LogP contribution in [0.1, 0.15) is 39.5 Å². The van der Waals surface area contributed by atoms with E-state index in [1.807, 2.05) is 24.3 Å². The first-order valence-electron chi connectivity index (χ1n) is 7.94. The second-order valence-corrected chi connectivity index (χ2v) is 6.96. The Morgan fingerprint density at radius 1 is 1.10 bits per heavy atom. The SMILES string of the molecule is CCCCN(CCCC)CC(O)CSc1ccc(Cl)cc1. The van der Waals surface area contributed by atoms with Crippen LogP contribution in [0.2, 0.25) is 5.02 Å². The summed E-state index contributed by atoms with van der Waals surface area (Å²) in [7, 11) is 0. The van der Waals surface area contributed by atoms with Crippen molar-refractivity contribution in [2.45, 2.75) is 50.5 Å². The lowest BCUT2D eigenvalue weighted by molar-refractivity contribution is 0.128. The first kappa shape index (κ1) is 18.8. The third-order valence-electron chi connectivity index (χ3n) is 3.38. The lowest BCUT2D eigenvalue weighted by Crippen LogP contribution is -2.35. The van der Waals surface area contributed by atoms with E-state index in [9.17, 15) is 5.11 Å². The minimum absolute atomic E-state index is 0.278. The van der Waals surface area contributed by atoms with E-state index in [4.69, 9.17) is 11.6 Å². The molecule has 1 unspecified atom stereocenters. The van der Waals surface area contributed by atoms with Crippen molar-refractivity contribution in [3.05, 3.63) is 29.3 Å². The summed E-state index contributed by atoms with van der Waals surface area (Å²) in [4.78, 5) is 3.56. The Bertz CT molecular complexity index is 364. The van der Waals surface area contributed by atoms with Crippen LogP contribution in [0.3, 0.4) is 0 Å². The number of rotatable bonds is 11. The van der Waals surface area contributed by atoms with Crippen molar-refractivity contribution in [1.82, 2.24) is 4.90 Å². The molecule has 0 bridgehead atoms. The fourth-order valence-corrected chi connectivity index (χ4v) is 3.08. The topological polar surface area (TPSA) is 23.5 Å².